The number of carbonyl (C=O) groups excluding carboxylic acids is 1. The van der Waals surface area contributed by atoms with Crippen molar-refractivity contribution in [3.05, 3.63) is 70.8 Å². The molecule has 1 aliphatic heterocycles. The Kier molecular flexibility index (Phi) is 5.68. The van der Waals surface area contributed by atoms with Gasteiger partial charge in [-0.2, -0.15) is 0 Å². The van der Waals surface area contributed by atoms with Gasteiger partial charge in [-0.15, -0.1) is 0 Å². The molecule has 2 aliphatic rings. The Morgan fingerprint density at radius 1 is 1.15 bits per heavy atom. The van der Waals surface area contributed by atoms with E-state index in [0.29, 0.717) is 37.3 Å². The molecule has 0 radical (unpaired) electrons. The fourth-order valence-corrected chi connectivity index (χ4v) is 4.22. The number of hydrogen-bond donors (Lipinski definition) is 1. The van der Waals surface area contributed by atoms with Crippen molar-refractivity contribution in [2.24, 2.45) is 18.9 Å². The van der Waals surface area contributed by atoms with E-state index in [1.807, 2.05) is 36.4 Å². The predicted molar refractivity (Wildman–Crippen MR) is 126 cm³/mol. The zero-order chi connectivity index (χ0) is 22.9. The number of hydrogen-bond acceptors (Lipinski definition) is 6. The SMILES string of the molecule is CC1CC1C(=O)Nc1ccc([C@H]2CN(c3nc(-c4ccncc4)cc(=O)n3C)CCO2)cc1. The zero-order valence-electron chi connectivity index (χ0n) is 18.8. The van der Waals surface area contributed by atoms with Crippen LogP contribution in [0.5, 0.6) is 0 Å². The van der Waals surface area contributed by atoms with E-state index >= 15 is 0 Å². The summed E-state index contributed by atoms with van der Waals surface area (Å²) in [7, 11) is 1.74. The molecule has 2 aromatic heterocycles. The molecular weight excluding hydrogens is 418 g/mol. The molecule has 33 heavy (non-hydrogen) atoms. The molecule has 1 amide bonds. The fraction of sp³-hybridized carbons (Fsp3) is 0.360. The number of aromatic nitrogens is 3. The van der Waals surface area contributed by atoms with E-state index in [1.54, 1.807) is 30.1 Å². The van der Waals surface area contributed by atoms with Crippen LogP contribution in [0, 0.1) is 11.8 Å². The van der Waals surface area contributed by atoms with Crippen LogP contribution in [-0.2, 0) is 16.6 Å². The molecule has 170 valence electrons. The molecule has 0 spiro atoms. The number of nitrogens with one attached hydrogen (secondary N) is 1. The maximum Gasteiger partial charge on any atom is 0.255 e. The van der Waals surface area contributed by atoms with Crippen molar-refractivity contribution in [1.29, 1.82) is 0 Å². The highest BCUT2D eigenvalue weighted by molar-refractivity contribution is 5.94. The Balaban J connectivity index is 1.33. The first kappa shape index (κ1) is 21.3. The number of benzene rings is 1. The molecule has 2 fully saturated rings. The third-order valence-corrected chi connectivity index (χ3v) is 6.43. The van der Waals surface area contributed by atoms with E-state index in [2.05, 4.69) is 22.1 Å². The van der Waals surface area contributed by atoms with Gasteiger partial charge in [-0.3, -0.25) is 19.1 Å². The summed E-state index contributed by atoms with van der Waals surface area (Å²) < 4.78 is 7.61. The molecule has 8 heteroatoms. The zero-order valence-corrected chi connectivity index (χ0v) is 18.8. The summed E-state index contributed by atoms with van der Waals surface area (Å²) in [6.45, 7) is 3.84. The molecule has 3 heterocycles. The van der Waals surface area contributed by atoms with Crippen molar-refractivity contribution in [1.82, 2.24) is 14.5 Å². The van der Waals surface area contributed by atoms with Crippen LogP contribution < -0.4 is 15.8 Å². The quantitative estimate of drug-likeness (QED) is 0.649. The van der Waals surface area contributed by atoms with Crippen LogP contribution in [-0.4, -0.2) is 40.1 Å². The van der Waals surface area contributed by atoms with Crippen LogP contribution in [0.4, 0.5) is 11.6 Å². The van der Waals surface area contributed by atoms with Crippen LogP contribution in [0.1, 0.15) is 25.0 Å². The van der Waals surface area contributed by atoms with Gasteiger partial charge in [0.1, 0.15) is 6.10 Å². The maximum atomic E-state index is 12.6. The molecule has 3 aromatic rings. The van der Waals surface area contributed by atoms with Crippen LogP contribution >= 0.6 is 0 Å². The Bertz CT molecular complexity index is 1210. The lowest BCUT2D eigenvalue weighted by Gasteiger charge is -2.34. The van der Waals surface area contributed by atoms with E-state index in [9.17, 15) is 9.59 Å². The molecule has 2 unspecified atom stereocenters. The number of carbonyl (C=O) groups is 1. The number of amides is 1. The lowest BCUT2D eigenvalue weighted by atomic mass is 10.1. The van der Waals surface area contributed by atoms with Gasteiger partial charge in [0, 0.05) is 49.2 Å². The average molecular weight is 446 g/mol. The van der Waals surface area contributed by atoms with Crippen molar-refractivity contribution in [2.45, 2.75) is 19.4 Å². The summed E-state index contributed by atoms with van der Waals surface area (Å²) in [4.78, 5) is 35.7. The highest BCUT2D eigenvalue weighted by atomic mass is 16.5. The van der Waals surface area contributed by atoms with Gasteiger partial charge < -0.3 is 15.0 Å². The molecule has 1 saturated heterocycles. The van der Waals surface area contributed by atoms with Crippen LogP contribution in [0.25, 0.3) is 11.3 Å². The Morgan fingerprint density at radius 2 is 1.88 bits per heavy atom. The van der Waals surface area contributed by atoms with Crippen molar-refractivity contribution in [3.63, 3.8) is 0 Å². The fourth-order valence-electron chi connectivity index (χ4n) is 4.22. The topological polar surface area (TPSA) is 89.4 Å². The smallest absolute Gasteiger partial charge is 0.255 e. The summed E-state index contributed by atoms with van der Waals surface area (Å²) in [6.07, 6.45) is 4.19. The Hall–Kier alpha value is -3.52. The van der Waals surface area contributed by atoms with Gasteiger partial charge in [-0.1, -0.05) is 19.1 Å². The molecule has 5 rings (SSSR count). The van der Waals surface area contributed by atoms with Crippen LogP contribution in [0.2, 0.25) is 0 Å². The number of ether oxygens (including phenoxy) is 1. The van der Waals surface area contributed by atoms with Crippen molar-refractivity contribution >= 4 is 17.5 Å². The van der Waals surface area contributed by atoms with E-state index in [4.69, 9.17) is 9.72 Å². The molecular formula is C25H27N5O3. The number of anilines is 2. The van der Waals surface area contributed by atoms with Gasteiger partial charge in [0.15, 0.2) is 0 Å². The summed E-state index contributed by atoms with van der Waals surface area (Å²) in [5, 5.41) is 2.99. The predicted octanol–water partition coefficient (Wildman–Crippen LogP) is 3.01. The van der Waals surface area contributed by atoms with Crippen molar-refractivity contribution in [3.8, 4) is 11.3 Å². The molecule has 1 N–H and O–H groups in total. The monoisotopic (exact) mass is 445 g/mol. The minimum Gasteiger partial charge on any atom is -0.370 e. The summed E-state index contributed by atoms with van der Waals surface area (Å²) in [5.74, 6) is 1.33. The van der Waals surface area contributed by atoms with Gasteiger partial charge in [-0.05, 0) is 42.2 Å². The minimum absolute atomic E-state index is 0.0939. The van der Waals surface area contributed by atoms with E-state index in [0.717, 1.165) is 23.2 Å². The lowest BCUT2D eigenvalue weighted by Crippen LogP contribution is -2.41. The summed E-state index contributed by atoms with van der Waals surface area (Å²) in [5.41, 5.74) is 3.19. The van der Waals surface area contributed by atoms with Crippen LogP contribution in [0.3, 0.4) is 0 Å². The van der Waals surface area contributed by atoms with Gasteiger partial charge in [0.2, 0.25) is 11.9 Å². The lowest BCUT2D eigenvalue weighted by molar-refractivity contribution is -0.117. The highest BCUT2D eigenvalue weighted by Gasteiger charge is 2.39. The largest absolute Gasteiger partial charge is 0.370 e. The number of rotatable bonds is 5. The Labute approximate surface area is 192 Å². The average Bonchev–Trinajstić information content (AvgIpc) is 3.58. The molecule has 1 aromatic carbocycles. The van der Waals surface area contributed by atoms with Gasteiger partial charge in [-0.25, -0.2) is 4.98 Å². The first-order valence-electron chi connectivity index (χ1n) is 11.3. The van der Waals surface area contributed by atoms with Crippen molar-refractivity contribution < 1.29 is 9.53 Å². The second-order valence-corrected chi connectivity index (χ2v) is 8.81. The molecule has 1 saturated carbocycles. The minimum atomic E-state index is -0.159. The van der Waals surface area contributed by atoms with Gasteiger partial charge in [0.05, 0.1) is 18.8 Å². The third-order valence-electron chi connectivity index (χ3n) is 6.43. The highest BCUT2D eigenvalue weighted by Crippen LogP contribution is 2.38. The molecule has 3 atom stereocenters. The number of nitrogens with zero attached hydrogens (tertiary/aromatic N) is 4. The number of pyridine rings is 1. The summed E-state index contributed by atoms with van der Waals surface area (Å²) in [6, 6.07) is 13.0. The normalized spacial score (nSPS) is 22.1. The van der Waals surface area contributed by atoms with Gasteiger partial charge in [0.25, 0.3) is 5.56 Å². The second-order valence-electron chi connectivity index (χ2n) is 8.81. The first-order chi connectivity index (χ1) is 16.0. The third kappa shape index (κ3) is 4.52. The summed E-state index contributed by atoms with van der Waals surface area (Å²) >= 11 is 0. The second kappa shape index (κ2) is 8.78. The number of morpholine rings is 1. The van der Waals surface area contributed by atoms with Gasteiger partial charge >= 0.3 is 0 Å². The van der Waals surface area contributed by atoms with E-state index in [-0.39, 0.29) is 23.5 Å². The first-order valence-corrected chi connectivity index (χ1v) is 11.3. The van der Waals surface area contributed by atoms with E-state index in [1.165, 1.54) is 0 Å². The molecule has 0 bridgehead atoms. The van der Waals surface area contributed by atoms with Crippen LogP contribution in [0.15, 0.2) is 59.7 Å². The van der Waals surface area contributed by atoms with Crippen molar-refractivity contribution in [2.75, 3.05) is 29.9 Å². The maximum absolute atomic E-state index is 12.6. The van der Waals surface area contributed by atoms with E-state index < -0.39 is 0 Å². The standard InChI is InChI=1S/C25H27N5O3/c1-16-13-20(16)24(32)27-19-5-3-18(4-6-19)22-15-30(11-12-33-22)25-28-21(14-23(31)29(25)2)17-7-9-26-10-8-17/h3-10,14,16,20,22H,11-13,15H2,1-2H3,(H,27,32)/t16?,20?,22-/m1/s1. The Morgan fingerprint density at radius 3 is 2.58 bits per heavy atom. The molecule has 8 nitrogen and oxygen atoms in total. The molecule has 1 aliphatic carbocycles.